The van der Waals surface area contributed by atoms with Crippen LogP contribution in [-0.4, -0.2) is 62.9 Å². The maximum Gasteiger partial charge on any atom is 0.243 e. The molecule has 8 nitrogen and oxygen atoms in total. The highest BCUT2D eigenvalue weighted by atomic mass is 32.2. The van der Waals surface area contributed by atoms with Crippen LogP contribution < -0.4 is 10.2 Å². The number of anilines is 1. The summed E-state index contributed by atoms with van der Waals surface area (Å²) in [6, 6.07) is 5.20. The summed E-state index contributed by atoms with van der Waals surface area (Å²) in [5.41, 5.74) is 1.76. The first-order valence-corrected chi connectivity index (χ1v) is 13.6. The number of carbonyl (C=O) groups is 2. The van der Waals surface area contributed by atoms with Gasteiger partial charge in [0, 0.05) is 49.8 Å². The van der Waals surface area contributed by atoms with E-state index in [9.17, 15) is 18.0 Å². The second kappa shape index (κ2) is 9.00. The van der Waals surface area contributed by atoms with Gasteiger partial charge in [0.15, 0.2) is 0 Å². The number of nitrogens with one attached hydrogen (secondary N) is 1. The third-order valence-electron chi connectivity index (χ3n) is 7.42. The van der Waals surface area contributed by atoms with E-state index in [-0.39, 0.29) is 40.7 Å². The number of benzene rings is 1. The maximum atomic E-state index is 13.3. The van der Waals surface area contributed by atoms with Crippen molar-refractivity contribution in [2.75, 3.05) is 31.1 Å². The number of rotatable bonds is 6. The Balaban J connectivity index is 1.21. The van der Waals surface area contributed by atoms with Gasteiger partial charge in [-0.3, -0.25) is 9.59 Å². The molecule has 9 heteroatoms. The van der Waals surface area contributed by atoms with Gasteiger partial charge >= 0.3 is 0 Å². The molecule has 0 spiro atoms. The lowest BCUT2D eigenvalue weighted by molar-refractivity contribution is -0.126. The number of ether oxygens (including phenoxy) is 1. The van der Waals surface area contributed by atoms with Gasteiger partial charge in [-0.25, -0.2) is 8.42 Å². The molecule has 4 aliphatic rings. The van der Waals surface area contributed by atoms with Crippen molar-refractivity contribution in [3.8, 4) is 0 Å². The van der Waals surface area contributed by atoms with Crippen LogP contribution in [0.15, 0.2) is 23.1 Å². The number of hydrogen-bond acceptors (Lipinski definition) is 5. The van der Waals surface area contributed by atoms with E-state index in [2.05, 4.69) is 5.32 Å². The Kier molecular flexibility index (Phi) is 6.22. The summed E-state index contributed by atoms with van der Waals surface area (Å²) in [6.07, 6.45) is 5.72. The molecule has 2 saturated heterocycles. The van der Waals surface area contributed by atoms with E-state index in [0.29, 0.717) is 38.9 Å². The van der Waals surface area contributed by atoms with E-state index in [0.717, 1.165) is 43.5 Å². The van der Waals surface area contributed by atoms with Crippen LogP contribution in [0.5, 0.6) is 0 Å². The minimum Gasteiger partial charge on any atom is -0.376 e. The van der Waals surface area contributed by atoms with E-state index in [1.807, 2.05) is 11.8 Å². The van der Waals surface area contributed by atoms with Gasteiger partial charge in [0.25, 0.3) is 0 Å². The minimum absolute atomic E-state index is 0.00510. The molecule has 0 unspecified atom stereocenters. The number of piperidine rings is 1. The first kappa shape index (κ1) is 22.8. The lowest BCUT2D eigenvalue weighted by Crippen LogP contribution is -2.44. The highest BCUT2D eigenvalue weighted by molar-refractivity contribution is 7.89. The smallest absolute Gasteiger partial charge is 0.243 e. The molecule has 1 N–H and O–H groups in total. The highest BCUT2D eigenvalue weighted by Gasteiger charge is 2.40. The first-order valence-electron chi connectivity index (χ1n) is 12.2. The Morgan fingerprint density at radius 2 is 1.85 bits per heavy atom. The van der Waals surface area contributed by atoms with Crippen molar-refractivity contribution >= 4 is 27.5 Å². The molecule has 3 heterocycles. The fourth-order valence-electron chi connectivity index (χ4n) is 5.30. The molecule has 180 valence electrons. The number of nitrogens with zero attached hydrogens (tertiary/aromatic N) is 2. The number of fused-ring (bicyclic) bond motifs is 1. The van der Waals surface area contributed by atoms with Crippen molar-refractivity contribution in [3.63, 3.8) is 0 Å². The van der Waals surface area contributed by atoms with Crippen molar-refractivity contribution in [1.29, 1.82) is 0 Å². The highest BCUT2D eigenvalue weighted by Crippen LogP contribution is 2.40. The number of amides is 2. The Bertz CT molecular complexity index is 1020. The SMILES string of the molecule is C[C@@H]1Cc2cc(S(=O)(=O)N3CCC(C(=O)NC[C@H]4CCCO4)CC3)ccc2N1C(=O)C1CC1. The van der Waals surface area contributed by atoms with Crippen LogP contribution >= 0.6 is 0 Å². The average molecular weight is 476 g/mol. The van der Waals surface area contributed by atoms with Gasteiger partial charge in [-0.1, -0.05) is 0 Å². The third kappa shape index (κ3) is 4.55. The number of sulfonamides is 1. The summed E-state index contributed by atoms with van der Waals surface area (Å²) in [7, 11) is -3.64. The third-order valence-corrected chi connectivity index (χ3v) is 9.32. The lowest BCUT2D eigenvalue weighted by atomic mass is 9.97. The summed E-state index contributed by atoms with van der Waals surface area (Å²) in [5, 5.41) is 2.97. The van der Waals surface area contributed by atoms with E-state index in [1.54, 1.807) is 18.2 Å². The summed E-state index contributed by atoms with van der Waals surface area (Å²) < 4.78 is 33.7. The molecule has 0 bridgehead atoms. The summed E-state index contributed by atoms with van der Waals surface area (Å²) in [5.74, 6) is 0.123. The molecule has 0 aromatic heterocycles. The standard InChI is InChI=1S/C24H33N3O5S/c1-16-13-19-14-21(6-7-22(19)27(16)24(29)18-4-5-18)33(30,31)26-10-8-17(9-11-26)23(28)25-15-20-3-2-12-32-20/h6-7,14,16-18,20H,2-5,8-13,15H2,1H3,(H,25,28)/t16-,20-/m1/s1. The Hall–Kier alpha value is -1.97. The van der Waals surface area contributed by atoms with Crippen LogP contribution in [0.2, 0.25) is 0 Å². The van der Waals surface area contributed by atoms with Crippen LogP contribution in [0, 0.1) is 11.8 Å². The quantitative estimate of drug-likeness (QED) is 0.680. The topological polar surface area (TPSA) is 96.0 Å². The van der Waals surface area contributed by atoms with Gasteiger partial charge in [-0.2, -0.15) is 4.31 Å². The zero-order valence-corrected chi connectivity index (χ0v) is 20.0. The second-order valence-corrected chi connectivity index (χ2v) is 11.8. The molecule has 2 amide bonds. The monoisotopic (exact) mass is 475 g/mol. The van der Waals surface area contributed by atoms with Crippen LogP contribution in [-0.2, 0) is 30.8 Å². The second-order valence-electron chi connectivity index (χ2n) is 9.88. The van der Waals surface area contributed by atoms with E-state index < -0.39 is 10.0 Å². The van der Waals surface area contributed by atoms with Gasteiger partial charge in [-0.15, -0.1) is 0 Å². The maximum absolute atomic E-state index is 13.3. The first-order chi connectivity index (χ1) is 15.8. The molecular weight excluding hydrogens is 442 g/mol. The molecule has 3 aliphatic heterocycles. The molecule has 1 aromatic carbocycles. The molecular formula is C24H33N3O5S. The van der Waals surface area contributed by atoms with Crippen molar-refractivity contribution in [2.45, 2.75) is 68.9 Å². The number of hydrogen-bond donors (Lipinski definition) is 1. The predicted molar refractivity (Wildman–Crippen MR) is 123 cm³/mol. The normalized spacial score (nSPS) is 26.4. The van der Waals surface area contributed by atoms with Gasteiger partial charge in [0.05, 0.1) is 11.0 Å². The average Bonchev–Trinajstić information content (AvgIpc) is 3.43. The zero-order valence-electron chi connectivity index (χ0n) is 19.2. The predicted octanol–water partition coefficient (Wildman–Crippen LogP) is 2.07. The number of carbonyl (C=O) groups excluding carboxylic acids is 2. The van der Waals surface area contributed by atoms with E-state index in [1.165, 1.54) is 4.31 Å². The summed E-state index contributed by atoms with van der Waals surface area (Å²) >= 11 is 0. The lowest BCUT2D eigenvalue weighted by Gasteiger charge is -2.31. The molecule has 33 heavy (non-hydrogen) atoms. The molecule has 1 aromatic rings. The molecule has 1 saturated carbocycles. The summed E-state index contributed by atoms with van der Waals surface area (Å²) in [4.78, 5) is 27.3. The molecule has 5 rings (SSSR count). The summed E-state index contributed by atoms with van der Waals surface area (Å²) in [6.45, 7) is 3.97. The van der Waals surface area contributed by atoms with Crippen molar-refractivity contribution in [3.05, 3.63) is 23.8 Å². The fraction of sp³-hybridized carbons (Fsp3) is 0.667. The molecule has 3 fully saturated rings. The van der Waals surface area contributed by atoms with Crippen molar-refractivity contribution < 1.29 is 22.7 Å². The molecule has 2 atom stereocenters. The fourth-order valence-corrected chi connectivity index (χ4v) is 6.82. The van der Waals surface area contributed by atoms with E-state index >= 15 is 0 Å². The van der Waals surface area contributed by atoms with Gasteiger partial charge in [0.1, 0.15) is 0 Å². The molecule has 1 aliphatic carbocycles. The Morgan fingerprint density at radius 1 is 1.09 bits per heavy atom. The van der Waals surface area contributed by atoms with Gasteiger partial charge < -0.3 is 15.0 Å². The van der Waals surface area contributed by atoms with Gasteiger partial charge in [0.2, 0.25) is 21.8 Å². The van der Waals surface area contributed by atoms with Crippen LogP contribution in [0.4, 0.5) is 5.69 Å². The van der Waals surface area contributed by atoms with Crippen molar-refractivity contribution in [2.24, 2.45) is 11.8 Å². The van der Waals surface area contributed by atoms with Crippen molar-refractivity contribution in [1.82, 2.24) is 9.62 Å². The Morgan fingerprint density at radius 3 is 2.52 bits per heavy atom. The molecule has 0 radical (unpaired) electrons. The van der Waals surface area contributed by atoms with Gasteiger partial charge in [-0.05, 0) is 75.6 Å². The largest absolute Gasteiger partial charge is 0.376 e. The van der Waals surface area contributed by atoms with Crippen LogP contribution in [0.3, 0.4) is 0 Å². The Labute approximate surface area is 195 Å². The van der Waals surface area contributed by atoms with Crippen LogP contribution in [0.1, 0.15) is 51.0 Å². The van der Waals surface area contributed by atoms with E-state index in [4.69, 9.17) is 4.74 Å². The van der Waals surface area contributed by atoms with Crippen LogP contribution in [0.25, 0.3) is 0 Å². The minimum atomic E-state index is -3.64. The zero-order chi connectivity index (χ0) is 23.2.